The first-order valence-electron chi connectivity index (χ1n) is 8.24. The number of rotatable bonds is 6. The molecule has 6 heteroatoms. The number of carboxylic acid groups (broad SMARTS) is 1. The molecule has 1 unspecified atom stereocenters. The Labute approximate surface area is 146 Å². The molecule has 1 aromatic heterocycles. The lowest BCUT2D eigenvalue weighted by Gasteiger charge is -2.16. The van der Waals surface area contributed by atoms with Crippen LogP contribution in [0.4, 0.5) is 0 Å². The maximum absolute atomic E-state index is 12.3. The molecular formula is C19H20N2O4. The minimum atomic E-state index is -0.829. The predicted octanol–water partition coefficient (Wildman–Crippen LogP) is 2.14. The van der Waals surface area contributed by atoms with Crippen LogP contribution in [0.5, 0.6) is 5.75 Å². The highest BCUT2D eigenvalue weighted by molar-refractivity contribution is 5.80. The SMILES string of the molecule is O=C(O)C1CCN(C(=O)Cc2ccc(OCc3ccccn3)cc2)C1. The molecule has 0 radical (unpaired) electrons. The molecule has 1 atom stereocenters. The maximum atomic E-state index is 12.3. The van der Waals surface area contributed by atoms with E-state index in [4.69, 9.17) is 9.84 Å². The molecule has 0 spiro atoms. The van der Waals surface area contributed by atoms with Gasteiger partial charge < -0.3 is 14.7 Å². The summed E-state index contributed by atoms with van der Waals surface area (Å²) in [5.74, 6) is -0.587. The molecule has 0 saturated carbocycles. The minimum absolute atomic E-state index is 0.0362. The van der Waals surface area contributed by atoms with Crippen LogP contribution in [0.25, 0.3) is 0 Å². The fraction of sp³-hybridized carbons (Fsp3) is 0.316. The molecule has 0 bridgehead atoms. The highest BCUT2D eigenvalue weighted by Crippen LogP contribution is 2.19. The van der Waals surface area contributed by atoms with Gasteiger partial charge in [-0.1, -0.05) is 18.2 Å². The average Bonchev–Trinajstić information content (AvgIpc) is 3.13. The van der Waals surface area contributed by atoms with Crippen molar-refractivity contribution >= 4 is 11.9 Å². The molecule has 0 aliphatic carbocycles. The quantitative estimate of drug-likeness (QED) is 0.871. The second kappa shape index (κ2) is 7.79. The first kappa shape index (κ1) is 17.0. The van der Waals surface area contributed by atoms with Crippen LogP contribution in [0.15, 0.2) is 48.7 Å². The van der Waals surface area contributed by atoms with Crippen LogP contribution in [-0.2, 0) is 22.6 Å². The first-order valence-corrected chi connectivity index (χ1v) is 8.24. The number of carboxylic acids is 1. The van der Waals surface area contributed by atoms with Gasteiger partial charge >= 0.3 is 5.97 Å². The molecule has 1 aliphatic rings. The summed E-state index contributed by atoms with van der Waals surface area (Å²) < 4.78 is 5.67. The number of pyridine rings is 1. The summed E-state index contributed by atoms with van der Waals surface area (Å²) in [4.78, 5) is 29.1. The van der Waals surface area contributed by atoms with E-state index in [1.54, 1.807) is 11.1 Å². The van der Waals surface area contributed by atoms with E-state index in [0.717, 1.165) is 11.3 Å². The van der Waals surface area contributed by atoms with Crippen LogP contribution >= 0.6 is 0 Å². The van der Waals surface area contributed by atoms with Gasteiger partial charge in [-0.05, 0) is 36.2 Å². The zero-order valence-electron chi connectivity index (χ0n) is 13.8. The monoisotopic (exact) mass is 340 g/mol. The Bertz CT molecular complexity index is 731. The summed E-state index contributed by atoms with van der Waals surface area (Å²) in [5.41, 5.74) is 1.73. The van der Waals surface area contributed by atoms with Crippen molar-refractivity contribution in [1.82, 2.24) is 9.88 Å². The highest BCUT2D eigenvalue weighted by atomic mass is 16.5. The van der Waals surface area contributed by atoms with Crippen LogP contribution in [0.1, 0.15) is 17.7 Å². The van der Waals surface area contributed by atoms with Crippen molar-refractivity contribution in [2.24, 2.45) is 5.92 Å². The number of benzene rings is 1. The number of nitrogens with zero attached hydrogens (tertiary/aromatic N) is 2. The summed E-state index contributed by atoms with van der Waals surface area (Å²) in [6, 6.07) is 13.0. The fourth-order valence-corrected chi connectivity index (χ4v) is 2.82. The minimum Gasteiger partial charge on any atom is -0.487 e. The molecule has 3 rings (SSSR count). The van der Waals surface area contributed by atoms with Gasteiger partial charge in [0, 0.05) is 19.3 Å². The van der Waals surface area contributed by atoms with Gasteiger partial charge in [0.15, 0.2) is 0 Å². The predicted molar refractivity (Wildman–Crippen MR) is 91.0 cm³/mol. The third kappa shape index (κ3) is 4.56. The summed E-state index contributed by atoms with van der Waals surface area (Å²) in [6.07, 6.45) is 2.52. The van der Waals surface area contributed by atoms with E-state index in [-0.39, 0.29) is 12.3 Å². The van der Waals surface area contributed by atoms with Crippen molar-refractivity contribution in [3.8, 4) is 5.75 Å². The van der Waals surface area contributed by atoms with E-state index in [1.165, 1.54) is 0 Å². The standard InChI is InChI=1S/C19H20N2O4/c22-18(21-10-8-15(12-21)19(23)24)11-14-4-6-17(7-5-14)25-13-16-3-1-2-9-20-16/h1-7,9,15H,8,10-13H2,(H,23,24). The van der Waals surface area contributed by atoms with Crippen molar-refractivity contribution in [2.45, 2.75) is 19.4 Å². The van der Waals surface area contributed by atoms with Gasteiger partial charge in [-0.25, -0.2) is 0 Å². The zero-order chi connectivity index (χ0) is 17.6. The van der Waals surface area contributed by atoms with Crippen LogP contribution in [0.3, 0.4) is 0 Å². The molecule has 25 heavy (non-hydrogen) atoms. The van der Waals surface area contributed by atoms with Gasteiger partial charge in [-0.2, -0.15) is 0 Å². The molecule has 1 aliphatic heterocycles. The van der Waals surface area contributed by atoms with Gasteiger partial charge in [0.2, 0.25) is 5.91 Å². The number of hydrogen-bond acceptors (Lipinski definition) is 4. The first-order chi connectivity index (χ1) is 12.1. The maximum Gasteiger partial charge on any atom is 0.308 e. The van der Waals surface area contributed by atoms with Crippen molar-refractivity contribution in [3.63, 3.8) is 0 Å². The van der Waals surface area contributed by atoms with Gasteiger partial charge in [0.05, 0.1) is 18.0 Å². The lowest BCUT2D eigenvalue weighted by Crippen LogP contribution is -2.31. The van der Waals surface area contributed by atoms with Crippen molar-refractivity contribution in [1.29, 1.82) is 0 Å². The summed E-state index contributed by atoms with van der Waals surface area (Å²) in [6.45, 7) is 1.21. The Kier molecular flexibility index (Phi) is 5.28. The number of ether oxygens (including phenoxy) is 1. The Morgan fingerprint density at radius 2 is 2.00 bits per heavy atom. The second-order valence-electron chi connectivity index (χ2n) is 6.09. The van der Waals surface area contributed by atoms with Gasteiger partial charge in [0.1, 0.15) is 12.4 Å². The van der Waals surface area contributed by atoms with Crippen LogP contribution < -0.4 is 4.74 Å². The third-order valence-corrected chi connectivity index (χ3v) is 4.28. The smallest absolute Gasteiger partial charge is 0.308 e. The zero-order valence-corrected chi connectivity index (χ0v) is 13.8. The lowest BCUT2D eigenvalue weighted by molar-refractivity contribution is -0.141. The van der Waals surface area contributed by atoms with Gasteiger partial charge in [-0.15, -0.1) is 0 Å². The molecule has 1 amide bonds. The lowest BCUT2D eigenvalue weighted by atomic mass is 10.1. The average molecular weight is 340 g/mol. The van der Waals surface area contributed by atoms with Crippen LogP contribution in [0, 0.1) is 5.92 Å². The molecule has 1 N–H and O–H groups in total. The molecule has 2 heterocycles. The summed E-state index contributed by atoms with van der Waals surface area (Å²) >= 11 is 0. The van der Waals surface area contributed by atoms with E-state index in [9.17, 15) is 9.59 Å². The second-order valence-corrected chi connectivity index (χ2v) is 6.09. The number of likely N-dealkylation sites (tertiary alicyclic amines) is 1. The molecule has 130 valence electrons. The molecule has 2 aromatic rings. The van der Waals surface area contributed by atoms with Crippen molar-refractivity contribution in [2.75, 3.05) is 13.1 Å². The Balaban J connectivity index is 1.50. The van der Waals surface area contributed by atoms with E-state index >= 15 is 0 Å². The highest BCUT2D eigenvalue weighted by Gasteiger charge is 2.30. The topological polar surface area (TPSA) is 79.7 Å². The van der Waals surface area contributed by atoms with Gasteiger partial charge in [0.25, 0.3) is 0 Å². The van der Waals surface area contributed by atoms with Crippen molar-refractivity contribution < 1.29 is 19.4 Å². The van der Waals surface area contributed by atoms with Crippen molar-refractivity contribution in [3.05, 3.63) is 59.9 Å². The number of amides is 1. The summed E-state index contributed by atoms with van der Waals surface area (Å²) in [7, 11) is 0. The van der Waals surface area contributed by atoms with Crippen LogP contribution in [0.2, 0.25) is 0 Å². The third-order valence-electron chi connectivity index (χ3n) is 4.28. The van der Waals surface area contributed by atoms with E-state index < -0.39 is 11.9 Å². The summed E-state index contributed by atoms with van der Waals surface area (Å²) in [5, 5.41) is 9.01. The normalized spacial score (nSPS) is 16.6. The van der Waals surface area contributed by atoms with E-state index in [0.29, 0.717) is 31.9 Å². The molecule has 1 aromatic carbocycles. The fourth-order valence-electron chi connectivity index (χ4n) is 2.82. The van der Waals surface area contributed by atoms with Gasteiger partial charge in [-0.3, -0.25) is 14.6 Å². The van der Waals surface area contributed by atoms with Crippen LogP contribution in [-0.4, -0.2) is 40.0 Å². The Hall–Kier alpha value is -2.89. The number of aromatic nitrogens is 1. The molecular weight excluding hydrogens is 320 g/mol. The number of carbonyl (C=O) groups excluding carboxylic acids is 1. The Morgan fingerprint density at radius 1 is 1.20 bits per heavy atom. The largest absolute Gasteiger partial charge is 0.487 e. The van der Waals surface area contributed by atoms with E-state index in [2.05, 4.69) is 4.98 Å². The molecule has 6 nitrogen and oxygen atoms in total. The molecule has 1 saturated heterocycles. The number of carbonyl (C=O) groups is 2. The van der Waals surface area contributed by atoms with E-state index in [1.807, 2.05) is 42.5 Å². The molecule has 1 fully saturated rings. The number of hydrogen-bond donors (Lipinski definition) is 1. The Morgan fingerprint density at radius 3 is 2.64 bits per heavy atom. The number of aliphatic carboxylic acids is 1.